The maximum Gasteiger partial charge on any atom is 0.232 e. The van der Waals surface area contributed by atoms with Gasteiger partial charge in [-0.25, -0.2) is 9.97 Å². The molecule has 5 nitrogen and oxygen atoms in total. The Hall–Kier alpha value is -0.760. The first kappa shape index (κ1) is 10.7. The van der Waals surface area contributed by atoms with Crippen molar-refractivity contribution in [3.63, 3.8) is 0 Å². The second kappa shape index (κ2) is 4.40. The Kier molecular flexibility index (Phi) is 3.15. The van der Waals surface area contributed by atoms with Crippen molar-refractivity contribution in [2.24, 2.45) is 11.7 Å². The number of carbonyl (C=O) groups is 1. The van der Waals surface area contributed by atoms with Crippen LogP contribution in [0.3, 0.4) is 0 Å². The number of halogens is 1. The van der Waals surface area contributed by atoms with E-state index in [1.807, 2.05) is 0 Å². The molecule has 0 spiro atoms. The van der Waals surface area contributed by atoms with E-state index in [0.717, 1.165) is 3.57 Å². The summed E-state index contributed by atoms with van der Waals surface area (Å²) in [4.78, 5) is 21.5. The van der Waals surface area contributed by atoms with Gasteiger partial charge in [-0.05, 0) is 35.1 Å². The SMILES string of the molecule is NCC1CC(=O)N(c2ncc(I)cn2)C1. The van der Waals surface area contributed by atoms with Crippen LogP contribution < -0.4 is 10.6 Å². The van der Waals surface area contributed by atoms with Gasteiger partial charge in [0.2, 0.25) is 11.9 Å². The largest absolute Gasteiger partial charge is 0.330 e. The van der Waals surface area contributed by atoms with Crippen molar-refractivity contribution in [2.45, 2.75) is 6.42 Å². The summed E-state index contributed by atoms with van der Waals surface area (Å²) in [6.45, 7) is 1.17. The van der Waals surface area contributed by atoms with Crippen LogP contribution in [0.4, 0.5) is 5.95 Å². The van der Waals surface area contributed by atoms with Crippen LogP contribution in [-0.4, -0.2) is 29.0 Å². The van der Waals surface area contributed by atoms with Gasteiger partial charge in [-0.2, -0.15) is 0 Å². The standard InChI is InChI=1S/C9H11IN4O/c10-7-3-12-9(13-4-7)14-5-6(2-11)1-8(14)15/h3-4,6H,1-2,5,11H2. The number of rotatable bonds is 2. The zero-order valence-corrected chi connectivity index (χ0v) is 10.2. The van der Waals surface area contributed by atoms with Crippen LogP contribution in [-0.2, 0) is 4.79 Å². The third-order valence-electron chi connectivity index (χ3n) is 2.39. The first-order valence-corrected chi connectivity index (χ1v) is 5.76. The van der Waals surface area contributed by atoms with Gasteiger partial charge in [0.05, 0.1) is 0 Å². The Morgan fingerprint density at radius 1 is 1.53 bits per heavy atom. The van der Waals surface area contributed by atoms with Crippen molar-refractivity contribution in [1.82, 2.24) is 9.97 Å². The number of hydrogen-bond acceptors (Lipinski definition) is 4. The van der Waals surface area contributed by atoms with Gasteiger partial charge in [0, 0.05) is 28.9 Å². The summed E-state index contributed by atoms with van der Waals surface area (Å²) in [6.07, 6.45) is 3.91. The molecule has 15 heavy (non-hydrogen) atoms. The lowest BCUT2D eigenvalue weighted by atomic mass is 10.1. The maximum atomic E-state index is 11.6. The lowest BCUT2D eigenvalue weighted by molar-refractivity contribution is -0.117. The molecular weight excluding hydrogens is 307 g/mol. The van der Waals surface area contributed by atoms with E-state index >= 15 is 0 Å². The normalized spacial score (nSPS) is 21.1. The summed E-state index contributed by atoms with van der Waals surface area (Å²) >= 11 is 2.13. The Morgan fingerprint density at radius 3 is 2.73 bits per heavy atom. The number of hydrogen-bond donors (Lipinski definition) is 1. The monoisotopic (exact) mass is 318 g/mol. The quantitative estimate of drug-likeness (QED) is 0.801. The number of aromatic nitrogens is 2. The molecule has 1 amide bonds. The summed E-state index contributed by atoms with van der Waals surface area (Å²) in [5, 5.41) is 0. The van der Waals surface area contributed by atoms with Gasteiger partial charge in [-0.3, -0.25) is 9.69 Å². The lowest BCUT2D eigenvalue weighted by Crippen LogP contribution is -2.27. The molecule has 6 heteroatoms. The molecule has 1 aromatic rings. The van der Waals surface area contributed by atoms with Crippen molar-refractivity contribution in [3.8, 4) is 0 Å². The van der Waals surface area contributed by atoms with E-state index in [4.69, 9.17) is 5.73 Å². The van der Waals surface area contributed by atoms with Crippen LogP contribution >= 0.6 is 22.6 Å². The predicted octanol–water partition coefficient (Wildman–Crippen LogP) is 0.393. The Labute approximate surface area is 101 Å². The van der Waals surface area contributed by atoms with Crippen molar-refractivity contribution < 1.29 is 4.79 Å². The van der Waals surface area contributed by atoms with E-state index in [2.05, 4.69) is 32.6 Å². The topological polar surface area (TPSA) is 72.1 Å². The second-order valence-electron chi connectivity index (χ2n) is 3.51. The summed E-state index contributed by atoms with van der Waals surface area (Å²) < 4.78 is 0.957. The van der Waals surface area contributed by atoms with Gasteiger partial charge >= 0.3 is 0 Å². The van der Waals surface area contributed by atoms with Crippen molar-refractivity contribution in [3.05, 3.63) is 16.0 Å². The highest BCUT2D eigenvalue weighted by Gasteiger charge is 2.31. The van der Waals surface area contributed by atoms with Gasteiger partial charge in [-0.1, -0.05) is 0 Å². The van der Waals surface area contributed by atoms with Crippen molar-refractivity contribution in [2.75, 3.05) is 18.0 Å². The first-order chi connectivity index (χ1) is 7.20. The third-order valence-corrected chi connectivity index (χ3v) is 2.94. The van der Waals surface area contributed by atoms with Crippen LogP contribution in [0, 0.1) is 9.49 Å². The minimum absolute atomic E-state index is 0.0617. The molecule has 1 saturated heterocycles. The molecule has 1 fully saturated rings. The molecule has 2 heterocycles. The predicted molar refractivity (Wildman–Crippen MR) is 64.3 cm³/mol. The molecule has 1 unspecified atom stereocenters. The van der Waals surface area contributed by atoms with Crippen LogP contribution in [0.25, 0.3) is 0 Å². The summed E-state index contributed by atoms with van der Waals surface area (Å²) in [5.41, 5.74) is 5.54. The number of nitrogens with two attached hydrogens (primary N) is 1. The molecule has 0 aromatic carbocycles. The van der Waals surface area contributed by atoms with E-state index in [1.54, 1.807) is 17.3 Å². The molecule has 80 valence electrons. The number of anilines is 1. The van der Waals surface area contributed by atoms with Crippen molar-refractivity contribution >= 4 is 34.4 Å². The number of nitrogens with zero attached hydrogens (tertiary/aromatic N) is 3. The first-order valence-electron chi connectivity index (χ1n) is 4.68. The van der Waals surface area contributed by atoms with E-state index in [0.29, 0.717) is 25.5 Å². The van der Waals surface area contributed by atoms with Crippen LogP contribution in [0.15, 0.2) is 12.4 Å². The Bertz CT molecular complexity index is 367. The zero-order chi connectivity index (χ0) is 10.8. The van der Waals surface area contributed by atoms with Gasteiger partial charge in [-0.15, -0.1) is 0 Å². The third kappa shape index (κ3) is 2.25. The summed E-state index contributed by atoms with van der Waals surface area (Å²) in [5.74, 6) is 0.781. The average molecular weight is 318 g/mol. The summed E-state index contributed by atoms with van der Waals surface area (Å²) in [7, 11) is 0. The number of amides is 1. The average Bonchev–Trinajstić information content (AvgIpc) is 2.61. The van der Waals surface area contributed by atoms with Crippen molar-refractivity contribution in [1.29, 1.82) is 0 Å². The smallest absolute Gasteiger partial charge is 0.232 e. The van der Waals surface area contributed by atoms with Crippen LogP contribution in [0.5, 0.6) is 0 Å². The fourth-order valence-electron chi connectivity index (χ4n) is 1.58. The zero-order valence-electron chi connectivity index (χ0n) is 8.06. The lowest BCUT2D eigenvalue weighted by Gasteiger charge is -2.13. The highest BCUT2D eigenvalue weighted by atomic mass is 127. The van der Waals surface area contributed by atoms with Crippen LogP contribution in [0.2, 0.25) is 0 Å². The van der Waals surface area contributed by atoms with Gasteiger partial charge in [0.1, 0.15) is 0 Å². The van der Waals surface area contributed by atoms with E-state index < -0.39 is 0 Å². The highest BCUT2D eigenvalue weighted by molar-refractivity contribution is 14.1. The van der Waals surface area contributed by atoms with Gasteiger partial charge in [0.15, 0.2) is 0 Å². The fourth-order valence-corrected chi connectivity index (χ4v) is 1.86. The van der Waals surface area contributed by atoms with Gasteiger partial charge in [0.25, 0.3) is 0 Å². The maximum absolute atomic E-state index is 11.6. The van der Waals surface area contributed by atoms with E-state index in [1.165, 1.54) is 0 Å². The molecule has 0 radical (unpaired) electrons. The summed E-state index contributed by atoms with van der Waals surface area (Å²) in [6, 6.07) is 0. The molecule has 0 bridgehead atoms. The minimum Gasteiger partial charge on any atom is -0.330 e. The molecule has 1 aromatic heterocycles. The minimum atomic E-state index is 0.0617. The number of carbonyl (C=O) groups excluding carboxylic acids is 1. The molecule has 1 atom stereocenters. The highest BCUT2D eigenvalue weighted by Crippen LogP contribution is 2.21. The molecule has 1 aliphatic heterocycles. The molecular formula is C9H11IN4O. The molecule has 1 aliphatic rings. The molecule has 0 saturated carbocycles. The van der Waals surface area contributed by atoms with E-state index in [9.17, 15) is 4.79 Å². The van der Waals surface area contributed by atoms with Gasteiger partial charge < -0.3 is 5.73 Å². The molecule has 2 rings (SSSR count). The fraction of sp³-hybridized carbons (Fsp3) is 0.444. The molecule has 2 N–H and O–H groups in total. The Morgan fingerprint density at radius 2 is 2.20 bits per heavy atom. The van der Waals surface area contributed by atoms with Crippen LogP contribution in [0.1, 0.15) is 6.42 Å². The second-order valence-corrected chi connectivity index (χ2v) is 4.76. The van der Waals surface area contributed by atoms with E-state index in [-0.39, 0.29) is 11.8 Å². The Balaban J connectivity index is 2.18. The molecule has 0 aliphatic carbocycles.